The normalized spacial score (nSPS) is 28.8. The van der Waals surface area contributed by atoms with Crippen LogP contribution in [0.1, 0.15) is 168 Å². The van der Waals surface area contributed by atoms with Crippen molar-refractivity contribution in [1.29, 1.82) is 0 Å². The van der Waals surface area contributed by atoms with E-state index in [1.807, 2.05) is 0 Å². The summed E-state index contributed by atoms with van der Waals surface area (Å²) in [6.45, 7) is 3.73. The summed E-state index contributed by atoms with van der Waals surface area (Å²) < 4.78 is 17.9. The molecule has 8 heteroatoms. The highest BCUT2D eigenvalue weighted by Gasteiger charge is 2.40. The van der Waals surface area contributed by atoms with Gasteiger partial charge in [0.2, 0.25) is 0 Å². The van der Waals surface area contributed by atoms with Gasteiger partial charge in [0, 0.05) is 6.42 Å². The van der Waals surface area contributed by atoms with Gasteiger partial charge in [-0.3, -0.25) is 4.79 Å². The second-order valence-corrected chi connectivity index (χ2v) is 14.5. The summed E-state index contributed by atoms with van der Waals surface area (Å²) in [7, 11) is 0. The minimum atomic E-state index is -0.490. The molecule has 0 radical (unpaired) electrons. The number of aliphatic hydroxyl groups is 3. The van der Waals surface area contributed by atoms with E-state index in [0.717, 1.165) is 89.9 Å². The van der Waals surface area contributed by atoms with Crippen LogP contribution in [-0.2, 0) is 23.8 Å². The Morgan fingerprint density at radius 2 is 1.22 bits per heavy atom. The smallest absolute Gasteiger partial charge is 0.309 e. The average Bonchev–Trinajstić information content (AvgIpc) is 3.76. The quantitative estimate of drug-likeness (QED) is 0.0714. The molecule has 0 bridgehead atoms. The van der Waals surface area contributed by atoms with Gasteiger partial charge in [-0.2, -0.15) is 0 Å². The molecule has 3 aliphatic heterocycles. The molecular weight excluding hydrogens is 572 g/mol. The first-order valence-corrected chi connectivity index (χ1v) is 18.8. The Balaban J connectivity index is 1.14. The van der Waals surface area contributed by atoms with Gasteiger partial charge >= 0.3 is 5.97 Å². The Morgan fingerprint density at radius 3 is 1.82 bits per heavy atom. The summed E-state index contributed by atoms with van der Waals surface area (Å²) >= 11 is 0. The summed E-state index contributed by atoms with van der Waals surface area (Å²) in [5.41, 5.74) is 0. The first kappa shape index (κ1) is 38.4. The van der Waals surface area contributed by atoms with Crippen LogP contribution in [0.25, 0.3) is 0 Å². The average molecular weight is 639 g/mol. The van der Waals surface area contributed by atoms with Gasteiger partial charge in [-0.15, -0.1) is 0 Å². The van der Waals surface area contributed by atoms with Gasteiger partial charge in [0.05, 0.1) is 48.6 Å². The molecule has 3 saturated heterocycles. The van der Waals surface area contributed by atoms with Crippen LogP contribution < -0.4 is 0 Å². The van der Waals surface area contributed by atoms with Gasteiger partial charge in [0.15, 0.2) is 0 Å². The molecule has 0 aromatic carbocycles. The van der Waals surface area contributed by atoms with Crippen molar-refractivity contribution in [1.82, 2.24) is 0 Å². The molecule has 3 rings (SSSR count). The lowest BCUT2D eigenvalue weighted by molar-refractivity contribution is -0.145. The predicted octanol–water partition coefficient (Wildman–Crippen LogP) is 7.12. The molecule has 3 heterocycles. The highest BCUT2D eigenvalue weighted by atomic mass is 16.6. The van der Waals surface area contributed by atoms with Crippen LogP contribution in [-0.4, -0.2) is 75.9 Å². The Labute approximate surface area is 273 Å². The van der Waals surface area contributed by atoms with E-state index in [1.165, 1.54) is 51.9 Å². The number of Topliss-reactive ketones (excluding diaryl/α,β-unsaturated/α-hetero) is 1. The van der Waals surface area contributed by atoms with Crippen molar-refractivity contribution in [2.75, 3.05) is 0 Å². The first-order valence-electron chi connectivity index (χ1n) is 18.8. The summed E-state index contributed by atoms with van der Waals surface area (Å²) in [6, 6.07) is 0. The topological polar surface area (TPSA) is 123 Å². The summed E-state index contributed by atoms with van der Waals surface area (Å²) in [5.74, 6) is -0.366. The molecule has 262 valence electrons. The van der Waals surface area contributed by atoms with E-state index in [0.29, 0.717) is 19.3 Å². The SMILES string of the molecule is CCCCCCC(O)CCCC(O)C1CCC(C2CCC(C(O)CCCCCCCCCCC3CC(CC(C)=O)C(=O)O3)O2)O1. The second kappa shape index (κ2) is 21.7. The first-order chi connectivity index (χ1) is 21.8. The molecule has 8 nitrogen and oxygen atoms in total. The van der Waals surface area contributed by atoms with Gasteiger partial charge in [0.1, 0.15) is 11.9 Å². The number of hydrogen-bond donors (Lipinski definition) is 3. The van der Waals surface area contributed by atoms with Crippen LogP contribution in [0, 0.1) is 5.92 Å². The van der Waals surface area contributed by atoms with Crippen molar-refractivity contribution in [3.8, 4) is 0 Å². The highest BCUT2D eigenvalue weighted by molar-refractivity contribution is 5.83. The van der Waals surface area contributed by atoms with E-state index in [4.69, 9.17) is 14.2 Å². The van der Waals surface area contributed by atoms with Gasteiger partial charge in [-0.05, 0) is 84.0 Å². The van der Waals surface area contributed by atoms with E-state index in [-0.39, 0.29) is 54.3 Å². The van der Waals surface area contributed by atoms with Crippen LogP contribution in [0.4, 0.5) is 0 Å². The van der Waals surface area contributed by atoms with Gasteiger partial charge in [-0.25, -0.2) is 0 Å². The van der Waals surface area contributed by atoms with Crippen molar-refractivity contribution in [2.45, 2.75) is 217 Å². The maximum atomic E-state index is 11.9. The Hall–Kier alpha value is -1.06. The Kier molecular flexibility index (Phi) is 18.5. The number of rotatable bonds is 25. The van der Waals surface area contributed by atoms with Crippen molar-refractivity contribution in [3.63, 3.8) is 0 Å². The molecule has 3 aliphatic rings. The maximum absolute atomic E-state index is 11.9. The molecule has 0 spiro atoms. The predicted molar refractivity (Wildman–Crippen MR) is 176 cm³/mol. The zero-order valence-corrected chi connectivity index (χ0v) is 28.5. The lowest BCUT2D eigenvalue weighted by Crippen LogP contribution is -2.33. The number of carbonyl (C=O) groups excluding carboxylic acids is 2. The van der Waals surface area contributed by atoms with Crippen LogP contribution in [0.3, 0.4) is 0 Å². The standard InChI is InChI=1S/C37H66O8/c1-3-4-5-12-16-29(39)17-15-20-32(41)34-22-24-36(45-34)35-23-21-33(44-35)31(40)19-14-11-9-7-6-8-10-13-18-30-26-28(25-27(2)38)37(42)43-30/h28-36,39-41H,3-26H2,1-2H3. The van der Waals surface area contributed by atoms with Crippen molar-refractivity contribution in [3.05, 3.63) is 0 Å². The van der Waals surface area contributed by atoms with E-state index in [1.54, 1.807) is 0 Å². The summed E-state index contributed by atoms with van der Waals surface area (Å²) in [4.78, 5) is 23.1. The molecule has 0 amide bonds. The lowest BCUT2D eigenvalue weighted by Gasteiger charge is -2.24. The molecule has 9 atom stereocenters. The molecule has 0 aromatic rings. The Morgan fingerprint density at radius 1 is 0.711 bits per heavy atom. The van der Waals surface area contributed by atoms with Crippen molar-refractivity contribution < 1.29 is 39.1 Å². The van der Waals surface area contributed by atoms with E-state index in [9.17, 15) is 24.9 Å². The fourth-order valence-electron chi connectivity index (χ4n) is 7.58. The highest BCUT2D eigenvalue weighted by Crippen LogP contribution is 2.35. The van der Waals surface area contributed by atoms with Gasteiger partial charge in [0.25, 0.3) is 0 Å². The van der Waals surface area contributed by atoms with Crippen molar-refractivity contribution >= 4 is 11.8 Å². The van der Waals surface area contributed by atoms with Crippen LogP contribution in [0.2, 0.25) is 0 Å². The number of hydrogen-bond acceptors (Lipinski definition) is 8. The third-order valence-corrected chi connectivity index (χ3v) is 10.3. The minimum absolute atomic E-state index is 0.00262. The zero-order chi connectivity index (χ0) is 32.4. The van der Waals surface area contributed by atoms with E-state index in [2.05, 4.69) is 6.92 Å². The molecule has 0 aliphatic carbocycles. The summed E-state index contributed by atoms with van der Waals surface area (Å²) in [5, 5.41) is 31.7. The third-order valence-electron chi connectivity index (χ3n) is 10.3. The molecule has 45 heavy (non-hydrogen) atoms. The van der Waals surface area contributed by atoms with E-state index < -0.39 is 12.2 Å². The van der Waals surface area contributed by atoms with Crippen LogP contribution in [0.5, 0.6) is 0 Å². The fraction of sp³-hybridized carbons (Fsp3) is 0.946. The van der Waals surface area contributed by atoms with Crippen LogP contribution in [0.15, 0.2) is 0 Å². The number of cyclic esters (lactones) is 1. The van der Waals surface area contributed by atoms with Gasteiger partial charge < -0.3 is 34.3 Å². The number of ketones is 1. The number of aliphatic hydroxyl groups excluding tert-OH is 3. The molecule has 3 fully saturated rings. The fourth-order valence-corrected chi connectivity index (χ4v) is 7.58. The Bertz CT molecular complexity index is 820. The van der Waals surface area contributed by atoms with E-state index >= 15 is 0 Å². The second-order valence-electron chi connectivity index (χ2n) is 14.5. The molecule has 0 aromatic heterocycles. The van der Waals surface area contributed by atoms with Crippen molar-refractivity contribution in [2.24, 2.45) is 5.92 Å². The van der Waals surface area contributed by atoms with Crippen LogP contribution >= 0.6 is 0 Å². The molecule has 9 unspecified atom stereocenters. The zero-order valence-electron chi connectivity index (χ0n) is 28.5. The third kappa shape index (κ3) is 14.7. The molecule has 3 N–H and O–H groups in total. The molecular formula is C37H66O8. The number of ether oxygens (including phenoxy) is 3. The number of esters is 1. The minimum Gasteiger partial charge on any atom is -0.462 e. The maximum Gasteiger partial charge on any atom is 0.309 e. The molecule has 0 saturated carbocycles. The largest absolute Gasteiger partial charge is 0.462 e. The number of carbonyl (C=O) groups is 2. The summed E-state index contributed by atoms with van der Waals surface area (Å²) in [6.07, 6.45) is 21.7. The van der Waals surface area contributed by atoms with Gasteiger partial charge in [-0.1, -0.05) is 77.6 Å². The monoisotopic (exact) mass is 638 g/mol. The number of unbranched alkanes of at least 4 members (excludes halogenated alkanes) is 10. The lowest BCUT2D eigenvalue weighted by atomic mass is 9.96.